The summed E-state index contributed by atoms with van der Waals surface area (Å²) in [6.07, 6.45) is 6.03. The molecular weight excluding hydrogens is 270 g/mol. The number of anilines is 1. The van der Waals surface area contributed by atoms with E-state index in [0.717, 1.165) is 36.5 Å². The fourth-order valence-electron chi connectivity index (χ4n) is 2.79. The summed E-state index contributed by atoms with van der Waals surface area (Å²) in [7, 11) is 1.91. The van der Waals surface area contributed by atoms with Crippen LogP contribution in [0.15, 0.2) is 17.5 Å². The third kappa shape index (κ3) is 2.74. The third-order valence-electron chi connectivity index (χ3n) is 3.91. The van der Waals surface area contributed by atoms with Gasteiger partial charge in [0.2, 0.25) is 0 Å². The monoisotopic (exact) mass is 291 g/mol. The van der Waals surface area contributed by atoms with Crippen LogP contribution in [-0.4, -0.2) is 22.5 Å². The molecule has 1 aliphatic rings. The molecule has 3 rings (SSSR count). The molecule has 4 nitrogen and oxygen atoms in total. The molecule has 1 fully saturated rings. The predicted molar refractivity (Wildman–Crippen MR) is 82.8 cm³/mol. The highest BCUT2D eigenvalue weighted by atomic mass is 32.1. The highest BCUT2D eigenvalue weighted by Crippen LogP contribution is 2.33. The fraction of sp³-hybridized carbons (Fsp3) is 0.533. The van der Waals surface area contributed by atoms with Gasteiger partial charge in [0.15, 0.2) is 0 Å². The molecule has 2 aromatic rings. The third-order valence-corrected chi connectivity index (χ3v) is 4.80. The summed E-state index contributed by atoms with van der Waals surface area (Å²) in [5.74, 6) is 0.756. The first-order valence-electron chi connectivity index (χ1n) is 7.22. The number of nitrogen functional groups attached to an aromatic ring is 1. The largest absolute Gasteiger partial charge is 0.383 e. The van der Waals surface area contributed by atoms with E-state index in [1.807, 2.05) is 7.05 Å². The number of thiophene rings is 1. The molecule has 0 bridgehead atoms. The molecule has 0 radical (unpaired) electrons. The normalized spacial score (nSPS) is 19.4. The number of nitrogens with zero attached hydrogens (tertiary/aromatic N) is 2. The molecule has 0 amide bonds. The summed E-state index contributed by atoms with van der Waals surface area (Å²) in [5.41, 5.74) is 8.39. The van der Waals surface area contributed by atoms with Gasteiger partial charge in [-0.25, -0.2) is 0 Å². The second kappa shape index (κ2) is 5.97. The van der Waals surface area contributed by atoms with Crippen LogP contribution in [0.25, 0.3) is 10.4 Å². The SMILES string of the molecule is Cn1nc(CCC2CCCCO2)c(-c2cccs2)c1N. The van der Waals surface area contributed by atoms with Crippen LogP contribution in [-0.2, 0) is 18.2 Å². The van der Waals surface area contributed by atoms with Gasteiger partial charge < -0.3 is 10.5 Å². The van der Waals surface area contributed by atoms with E-state index in [1.165, 1.54) is 24.1 Å². The quantitative estimate of drug-likeness (QED) is 0.941. The summed E-state index contributed by atoms with van der Waals surface area (Å²) in [6.45, 7) is 0.910. The minimum atomic E-state index is 0.392. The van der Waals surface area contributed by atoms with Crippen molar-refractivity contribution in [1.29, 1.82) is 0 Å². The van der Waals surface area contributed by atoms with Crippen molar-refractivity contribution in [3.63, 3.8) is 0 Å². The topological polar surface area (TPSA) is 53.1 Å². The second-order valence-corrected chi connectivity index (χ2v) is 6.28. The lowest BCUT2D eigenvalue weighted by molar-refractivity contribution is 0.0114. The van der Waals surface area contributed by atoms with Gasteiger partial charge in [0.25, 0.3) is 0 Å². The Bertz CT molecular complexity index is 556. The number of aromatic nitrogens is 2. The van der Waals surface area contributed by atoms with Crippen molar-refractivity contribution >= 4 is 17.2 Å². The van der Waals surface area contributed by atoms with Crippen molar-refractivity contribution in [1.82, 2.24) is 9.78 Å². The lowest BCUT2D eigenvalue weighted by Crippen LogP contribution is -2.19. The Labute approximate surface area is 123 Å². The van der Waals surface area contributed by atoms with Gasteiger partial charge in [-0.3, -0.25) is 4.68 Å². The molecule has 0 saturated carbocycles. The zero-order valence-electron chi connectivity index (χ0n) is 11.8. The standard InChI is InChI=1S/C15H21N3OS/c1-18-15(16)14(13-6-4-10-20-13)12(17-18)8-7-11-5-2-3-9-19-11/h4,6,10-11H,2-3,5,7-9,16H2,1H3. The van der Waals surface area contributed by atoms with Crippen LogP contribution < -0.4 is 5.73 Å². The Kier molecular flexibility index (Phi) is 4.08. The van der Waals surface area contributed by atoms with Gasteiger partial charge >= 0.3 is 0 Å². The van der Waals surface area contributed by atoms with E-state index in [4.69, 9.17) is 10.5 Å². The van der Waals surface area contributed by atoms with Crippen molar-refractivity contribution < 1.29 is 4.74 Å². The van der Waals surface area contributed by atoms with Crippen LogP contribution >= 0.6 is 11.3 Å². The van der Waals surface area contributed by atoms with Crippen LogP contribution in [0, 0.1) is 0 Å². The number of hydrogen-bond donors (Lipinski definition) is 1. The number of hydrogen-bond acceptors (Lipinski definition) is 4. The zero-order valence-corrected chi connectivity index (χ0v) is 12.7. The Balaban J connectivity index is 1.77. The lowest BCUT2D eigenvalue weighted by atomic mass is 10.0. The molecule has 1 atom stereocenters. The Morgan fingerprint density at radius 3 is 3.10 bits per heavy atom. The van der Waals surface area contributed by atoms with Crippen LogP contribution in [0.1, 0.15) is 31.4 Å². The fourth-order valence-corrected chi connectivity index (χ4v) is 3.59. The average molecular weight is 291 g/mol. The molecule has 3 heterocycles. The highest BCUT2D eigenvalue weighted by Gasteiger charge is 2.19. The summed E-state index contributed by atoms with van der Waals surface area (Å²) in [6, 6.07) is 4.17. The van der Waals surface area contributed by atoms with Crippen LogP contribution in [0.5, 0.6) is 0 Å². The first-order valence-corrected chi connectivity index (χ1v) is 8.10. The van der Waals surface area contributed by atoms with Gasteiger partial charge in [-0.15, -0.1) is 11.3 Å². The summed E-state index contributed by atoms with van der Waals surface area (Å²) < 4.78 is 7.59. The molecule has 20 heavy (non-hydrogen) atoms. The molecule has 1 aliphatic heterocycles. The second-order valence-electron chi connectivity index (χ2n) is 5.34. The van der Waals surface area contributed by atoms with Crippen LogP contribution in [0.4, 0.5) is 5.82 Å². The van der Waals surface area contributed by atoms with Crippen molar-refractivity contribution in [2.45, 2.75) is 38.2 Å². The predicted octanol–water partition coefficient (Wildman–Crippen LogP) is 3.23. The van der Waals surface area contributed by atoms with Gasteiger partial charge in [-0.2, -0.15) is 5.10 Å². The molecule has 0 spiro atoms. The molecule has 2 aromatic heterocycles. The lowest BCUT2D eigenvalue weighted by Gasteiger charge is -2.22. The van der Waals surface area contributed by atoms with Gasteiger partial charge in [0.1, 0.15) is 5.82 Å². The molecule has 1 saturated heterocycles. The van der Waals surface area contributed by atoms with E-state index in [-0.39, 0.29) is 0 Å². The van der Waals surface area contributed by atoms with E-state index in [0.29, 0.717) is 6.10 Å². The minimum absolute atomic E-state index is 0.392. The summed E-state index contributed by atoms with van der Waals surface area (Å²) in [4.78, 5) is 1.20. The summed E-state index contributed by atoms with van der Waals surface area (Å²) >= 11 is 1.71. The minimum Gasteiger partial charge on any atom is -0.383 e. The average Bonchev–Trinajstić information content (AvgIpc) is 3.07. The molecule has 2 N–H and O–H groups in total. The van der Waals surface area contributed by atoms with Crippen molar-refractivity contribution in [3.05, 3.63) is 23.2 Å². The highest BCUT2D eigenvalue weighted by molar-refractivity contribution is 7.13. The number of rotatable bonds is 4. The molecule has 1 unspecified atom stereocenters. The smallest absolute Gasteiger partial charge is 0.130 e. The van der Waals surface area contributed by atoms with Crippen LogP contribution in [0.2, 0.25) is 0 Å². The molecule has 0 aliphatic carbocycles. The van der Waals surface area contributed by atoms with Gasteiger partial charge in [0, 0.05) is 18.5 Å². The van der Waals surface area contributed by atoms with E-state index in [2.05, 4.69) is 22.6 Å². The molecule has 0 aromatic carbocycles. The van der Waals surface area contributed by atoms with Crippen molar-refractivity contribution in [2.24, 2.45) is 7.05 Å². The molecular formula is C15H21N3OS. The Morgan fingerprint density at radius 1 is 1.50 bits per heavy atom. The van der Waals surface area contributed by atoms with Gasteiger partial charge in [-0.05, 0) is 43.6 Å². The Hall–Kier alpha value is -1.33. The first kappa shape index (κ1) is 13.6. The Morgan fingerprint density at radius 2 is 2.40 bits per heavy atom. The summed E-state index contributed by atoms with van der Waals surface area (Å²) in [5, 5.41) is 6.67. The maximum absolute atomic E-state index is 6.18. The maximum Gasteiger partial charge on any atom is 0.130 e. The number of aryl methyl sites for hydroxylation is 2. The van der Waals surface area contributed by atoms with Crippen molar-refractivity contribution in [2.75, 3.05) is 12.3 Å². The van der Waals surface area contributed by atoms with Crippen molar-refractivity contribution in [3.8, 4) is 10.4 Å². The maximum atomic E-state index is 6.18. The molecule has 108 valence electrons. The van der Waals surface area contributed by atoms with Crippen LogP contribution in [0.3, 0.4) is 0 Å². The van der Waals surface area contributed by atoms with E-state index in [9.17, 15) is 0 Å². The van der Waals surface area contributed by atoms with E-state index >= 15 is 0 Å². The molecule has 5 heteroatoms. The van der Waals surface area contributed by atoms with Gasteiger partial charge in [-0.1, -0.05) is 6.07 Å². The first-order chi connectivity index (χ1) is 9.75. The number of nitrogens with two attached hydrogens (primary N) is 1. The number of ether oxygens (including phenoxy) is 1. The van der Waals surface area contributed by atoms with E-state index in [1.54, 1.807) is 16.0 Å². The zero-order chi connectivity index (χ0) is 13.9. The van der Waals surface area contributed by atoms with Gasteiger partial charge in [0.05, 0.1) is 17.4 Å². The van der Waals surface area contributed by atoms with E-state index < -0.39 is 0 Å².